The summed E-state index contributed by atoms with van der Waals surface area (Å²) in [5.41, 5.74) is 3.98. The van der Waals surface area contributed by atoms with Gasteiger partial charge < -0.3 is 10.00 Å². The van der Waals surface area contributed by atoms with Gasteiger partial charge in [-0.25, -0.2) is 4.39 Å². The van der Waals surface area contributed by atoms with E-state index in [-0.39, 0.29) is 24.3 Å². The molecule has 33 heavy (non-hydrogen) atoms. The Bertz CT molecular complexity index is 1240. The van der Waals surface area contributed by atoms with E-state index in [4.69, 9.17) is 4.98 Å². The van der Waals surface area contributed by atoms with Crippen LogP contribution in [-0.2, 0) is 25.6 Å². The molecule has 4 rings (SSSR count). The second-order valence-electron chi connectivity index (χ2n) is 8.60. The number of aliphatic hydroxyl groups is 1. The summed E-state index contributed by atoms with van der Waals surface area (Å²) in [5, 5.41) is 10.4. The number of halogens is 1. The number of rotatable bonds is 9. The molecule has 1 saturated heterocycles. The molecule has 1 fully saturated rings. The van der Waals surface area contributed by atoms with Crippen LogP contribution in [0.4, 0.5) is 4.39 Å². The number of fused-ring (bicyclic) bond motifs is 1. The fraction of sp³-hybridized carbons (Fsp3) is 0.333. The van der Waals surface area contributed by atoms with Gasteiger partial charge in [-0.15, -0.1) is 0 Å². The van der Waals surface area contributed by atoms with Crippen molar-refractivity contribution in [3.05, 3.63) is 65.6 Å². The first kappa shape index (κ1) is 23.7. The molecule has 0 amide bonds. The van der Waals surface area contributed by atoms with E-state index < -0.39 is 31.7 Å². The molecule has 2 aromatic carbocycles. The van der Waals surface area contributed by atoms with E-state index in [2.05, 4.69) is 9.78 Å². The van der Waals surface area contributed by atoms with Crippen molar-refractivity contribution < 1.29 is 33.5 Å². The summed E-state index contributed by atoms with van der Waals surface area (Å²) >= 11 is 0. The van der Waals surface area contributed by atoms with Gasteiger partial charge in [-0.3, -0.25) is 14.3 Å². The third-order valence-electron chi connectivity index (χ3n) is 5.54. The van der Waals surface area contributed by atoms with Crippen LogP contribution in [0, 0.1) is 5.82 Å². The van der Waals surface area contributed by atoms with E-state index in [1.54, 1.807) is 12.1 Å². The van der Waals surface area contributed by atoms with Crippen molar-refractivity contribution in [1.82, 2.24) is 4.98 Å². The highest BCUT2D eigenvalue weighted by atomic mass is 31.2. The lowest BCUT2D eigenvalue weighted by Crippen LogP contribution is -2.19. The molecule has 2 N–H and O–H groups in total. The molecule has 174 valence electrons. The van der Waals surface area contributed by atoms with Crippen molar-refractivity contribution in [2.75, 3.05) is 12.3 Å². The lowest BCUT2D eigenvalue weighted by Gasteiger charge is -2.21. The Kier molecular flexibility index (Phi) is 6.49. The van der Waals surface area contributed by atoms with Gasteiger partial charge >= 0.3 is 5.97 Å². The summed E-state index contributed by atoms with van der Waals surface area (Å²) in [4.78, 5) is 36.0. The number of Topliss-reactive ketones (excluding diaryl/α,β-unsaturated/α-hetero) is 1. The van der Waals surface area contributed by atoms with Crippen LogP contribution < -0.4 is 0 Å². The second kappa shape index (κ2) is 9.05. The fourth-order valence-corrected chi connectivity index (χ4v) is 5.39. The monoisotopic (exact) mass is 473 g/mol. The van der Waals surface area contributed by atoms with Crippen LogP contribution in [0.5, 0.6) is 0 Å². The highest BCUT2D eigenvalue weighted by molar-refractivity contribution is 7.59. The molecule has 0 radical (unpaired) electrons. The zero-order chi connectivity index (χ0) is 23.8. The average molecular weight is 473 g/mol. The van der Waals surface area contributed by atoms with Crippen molar-refractivity contribution in [3.8, 4) is 11.1 Å². The first-order chi connectivity index (χ1) is 15.6. The Morgan fingerprint density at radius 1 is 1.15 bits per heavy atom. The molecule has 1 aromatic heterocycles. The zero-order valence-corrected chi connectivity index (χ0v) is 19.2. The third kappa shape index (κ3) is 5.54. The maximum atomic E-state index is 13.6. The van der Waals surface area contributed by atoms with Crippen LogP contribution in [-0.4, -0.2) is 39.1 Å². The van der Waals surface area contributed by atoms with Crippen molar-refractivity contribution in [1.29, 1.82) is 0 Å². The minimum Gasteiger partial charge on any atom is -0.344 e. The van der Waals surface area contributed by atoms with Crippen molar-refractivity contribution in [2.45, 2.75) is 38.6 Å². The predicted molar refractivity (Wildman–Crippen MR) is 121 cm³/mol. The van der Waals surface area contributed by atoms with Gasteiger partial charge in [0.25, 0.3) is 0 Å². The van der Waals surface area contributed by atoms with E-state index in [1.165, 1.54) is 12.1 Å². The molecule has 3 aromatic rings. The van der Waals surface area contributed by atoms with Crippen LogP contribution in [0.15, 0.2) is 48.5 Å². The highest BCUT2D eigenvalue weighted by Crippen LogP contribution is 2.44. The summed E-state index contributed by atoms with van der Waals surface area (Å²) in [5.74, 6) is -2.92. The quantitative estimate of drug-likeness (QED) is 0.266. The smallest absolute Gasteiger partial charge is 0.344 e. The number of aromatic nitrogens is 1. The number of hydrogen-bond donors (Lipinski definition) is 2. The van der Waals surface area contributed by atoms with E-state index in [9.17, 15) is 23.7 Å². The molecule has 9 heteroatoms. The molecule has 0 bridgehead atoms. The van der Waals surface area contributed by atoms with Gasteiger partial charge in [0.2, 0.25) is 7.37 Å². The molecule has 1 aliphatic rings. The molecule has 0 aliphatic carbocycles. The van der Waals surface area contributed by atoms with Crippen LogP contribution in [0.25, 0.3) is 22.0 Å². The van der Waals surface area contributed by atoms with Crippen molar-refractivity contribution >= 4 is 24.1 Å². The number of benzene rings is 2. The average Bonchev–Trinajstić information content (AvgIpc) is 3.47. The summed E-state index contributed by atoms with van der Waals surface area (Å²) in [6, 6.07) is 13.7. The Morgan fingerprint density at radius 3 is 2.45 bits per heavy atom. The van der Waals surface area contributed by atoms with Gasteiger partial charge in [0, 0.05) is 17.2 Å². The summed E-state index contributed by atoms with van der Waals surface area (Å²) in [6.45, 7) is 3.99. The standard InChI is InChI=1S/C24H25FNO6P/c1-15(2)23-20(11-12-33(29,30)14-18(27)13-24(28)31-32-24)22(16-7-9-17(25)10-8-16)19-5-3-4-6-21(19)26-23/h3-10,15,28H,11-14H2,1-2H3,(H,29,30). The fourth-order valence-electron chi connectivity index (χ4n) is 4.00. The molecule has 0 saturated carbocycles. The van der Waals surface area contributed by atoms with Gasteiger partial charge in [0.1, 0.15) is 5.82 Å². The second-order valence-corrected chi connectivity index (χ2v) is 11.1. The van der Waals surface area contributed by atoms with Crippen LogP contribution >= 0.6 is 7.37 Å². The SMILES string of the molecule is CC(C)c1nc2ccccc2c(-c2ccc(F)cc2)c1CCP(=O)(O)CC(=O)CC1(O)OO1. The maximum absolute atomic E-state index is 13.6. The lowest BCUT2D eigenvalue weighted by atomic mass is 9.90. The maximum Gasteiger partial charge on any atom is 0.344 e. The first-order valence-corrected chi connectivity index (χ1v) is 12.7. The summed E-state index contributed by atoms with van der Waals surface area (Å²) in [6.07, 6.45) is -1.04. The minimum atomic E-state index is -3.86. The molecule has 1 unspecified atom stereocenters. The molecule has 1 atom stereocenters. The van der Waals surface area contributed by atoms with E-state index in [0.29, 0.717) is 0 Å². The van der Waals surface area contributed by atoms with Gasteiger partial charge in [0.15, 0.2) is 5.78 Å². The zero-order valence-electron chi connectivity index (χ0n) is 18.3. The Balaban J connectivity index is 1.71. The van der Waals surface area contributed by atoms with Crippen LogP contribution in [0.2, 0.25) is 0 Å². The number of pyridine rings is 1. The third-order valence-corrected chi connectivity index (χ3v) is 7.31. The Hall–Kier alpha value is -2.48. The molecule has 2 heterocycles. The number of ketones is 1. The molecule has 1 aliphatic heterocycles. The predicted octanol–water partition coefficient (Wildman–Crippen LogP) is 4.54. The Morgan fingerprint density at radius 2 is 1.82 bits per heavy atom. The number of hydrogen-bond acceptors (Lipinski definition) is 6. The molecule has 7 nitrogen and oxygen atoms in total. The first-order valence-electron chi connectivity index (χ1n) is 10.7. The van der Waals surface area contributed by atoms with E-state index >= 15 is 0 Å². The molecular weight excluding hydrogens is 448 g/mol. The van der Waals surface area contributed by atoms with E-state index in [0.717, 1.165) is 33.3 Å². The van der Waals surface area contributed by atoms with E-state index in [1.807, 2.05) is 38.1 Å². The molecular formula is C24H25FNO6P. The van der Waals surface area contributed by atoms with Gasteiger partial charge in [-0.1, -0.05) is 44.2 Å². The van der Waals surface area contributed by atoms with Gasteiger partial charge in [-0.05, 0) is 47.2 Å². The normalized spacial score (nSPS) is 16.7. The minimum absolute atomic E-state index is 0.0296. The molecule has 0 spiro atoms. The topological polar surface area (TPSA) is 113 Å². The van der Waals surface area contributed by atoms with Crippen molar-refractivity contribution in [2.24, 2.45) is 0 Å². The summed E-state index contributed by atoms with van der Waals surface area (Å²) < 4.78 is 26.5. The van der Waals surface area contributed by atoms with Crippen LogP contribution in [0.3, 0.4) is 0 Å². The number of carbonyl (C=O) groups excluding carboxylic acids is 1. The summed E-state index contributed by atoms with van der Waals surface area (Å²) in [7, 11) is -3.86. The number of para-hydroxylation sites is 1. The number of carbonyl (C=O) groups is 1. The lowest BCUT2D eigenvalue weighted by molar-refractivity contribution is -0.122. The Labute approximate surface area is 190 Å². The number of nitrogens with zero attached hydrogens (tertiary/aromatic N) is 1. The highest BCUT2D eigenvalue weighted by Gasteiger charge is 2.49. The van der Waals surface area contributed by atoms with Crippen molar-refractivity contribution in [3.63, 3.8) is 0 Å². The largest absolute Gasteiger partial charge is 0.344 e. The van der Waals surface area contributed by atoms with Gasteiger partial charge in [0.05, 0.1) is 18.1 Å². The van der Waals surface area contributed by atoms with Crippen LogP contribution in [0.1, 0.15) is 37.4 Å². The van der Waals surface area contributed by atoms with Gasteiger partial charge in [-0.2, -0.15) is 9.78 Å².